The number of hydrogen-bond acceptors (Lipinski definition) is 5. The zero-order chi connectivity index (χ0) is 20.3. The summed E-state index contributed by atoms with van der Waals surface area (Å²) in [6.45, 7) is 5.02. The van der Waals surface area contributed by atoms with Crippen molar-refractivity contribution in [1.29, 1.82) is 0 Å². The third-order valence-electron chi connectivity index (χ3n) is 5.57. The van der Waals surface area contributed by atoms with Gasteiger partial charge in [-0.15, -0.1) is 0 Å². The van der Waals surface area contributed by atoms with E-state index >= 15 is 0 Å². The first-order valence-corrected chi connectivity index (χ1v) is 9.81. The Bertz CT molecular complexity index is 725. The highest BCUT2D eigenvalue weighted by Crippen LogP contribution is 2.31. The minimum atomic E-state index is -0.746. The van der Waals surface area contributed by atoms with Gasteiger partial charge in [0, 0.05) is 20.1 Å². The van der Waals surface area contributed by atoms with E-state index in [1.165, 1.54) is 0 Å². The molecular formula is C21H28N2O5. The minimum Gasteiger partial charge on any atom is -0.466 e. The van der Waals surface area contributed by atoms with Crippen molar-refractivity contribution in [3.05, 3.63) is 35.4 Å². The van der Waals surface area contributed by atoms with Crippen LogP contribution in [0.3, 0.4) is 0 Å². The van der Waals surface area contributed by atoms with Crippen molar-refractivity contribution in [2.75, 3.05) is 33.4 Å². The molecule has 1 aromatic rings. The van der Waals surface area contributed by atoms with Crippen molar-refractivity contribution in [1.82, 2.24) is 9.80 Å². The molecule has 2 fully saturated rings. The second-order valence-corrected chi connectivity index (χ2v) is 7.44. The van der Waals surface area contributed by atoms with E-state index in [4.69, 9.17) is 9.47 Å². The number of ether oxygens (including phenoxy) is 2. The topological polar surface area (TPSA) is 76.1 Å². The highest BCUT2D eigenvalue weighted by molar-refractivity contribution is 5.86. The molecule has 0 N–H and O–H groups in total. The molecule has 2 amide bonds. The van der Waals surface area contributed by atoms with Gasteiger partial charge in [-0.25, -0.2) is 0 Å². The van der Waals surface area contributed by atoms with Gasteiger partial charge in [0.05, 0.1) is 18.6 Å². The lowest BCUT2D eigenvalue weighted by atomic mass is 9.93. The molecule has 152 valence electrons. The molecule has 2 aliphatic heterocycles. The van der Waals surface area contributed by atoms with Crippen molar-refractivity contribution >= 4 is 17.8 Å². The summed E-state index contributed by atoms with van der Waals surface area (Å²) in [5.74, 6) is -0.623. The number of hydrogen-bond donors (Lipinski definition) is 0. The van der Waals surface area contributed by atoms with Crippen LogP contribution in [0.1, 0.15) is 36.9 Å². The van der Waals surface area contributed by atoms with Crippen LogP contribution < -0.4 is 0 Å². The highest BCUT2D eigenvalue weighted by atomic mass is 16.5. The third-order valence-corrected chi connectivity index (χ3v) is 5.57. The van der Waals surface area contributed by atoms with E-state index in [2.05, 4.69) is 0 Å². The quantitative estimate of drug-likeness (QED) is 0.734. The first-order valence-electron chi connectivity index (χ1n) is 9.81. The Labute approximate surface area is 165 Å². The fourth-order valence-corrected chi connectivity index (χ4v) is 3.86. The number of rotatable bonds is 4. The fourth-order valence-electron chi connectivity index (χ4n) is 3.86. The molecule has 1 aromatic carbocycles. The van der Waals surface area contributed by atoms with E-state index in [1.807, 2.05) is 31.2 Å². The van der Waals surface area contributed by atoms with Gasteiger partial charge < -0.3 is 19.3 Å². The molecule has 7 nitrogen and oxygen atoms in total. The van der Waals surface area contributed by atoms with Gasteiger partial charge in [0.2, 0.25) is 5.91 Å². The zero-order valence-electron chi connectivity index (χ0n) is 16.7. The Morgan fingerprint density at radius 1 is 1.18 bits per heavy atom. The molecular weight excluding hydrogens is 360 g/mol. The standard InChI is InChI=1S/C21H28N2O5/c1-4-27-21(26)16-9-11-23(12-10-16)20(25)19-18(22(3)17(24)13-28-19)15-7-5-14(2)6-8-15/h5-8,16,18-19H,4,9-13H2,1-3H3/t18-,19-/m0/s1. The second-order valence-electron chi connectivity index (χ2n) is 7.44. The van der Waals surface area contributed by atoms with Crippen molar-refractivity contribution in [3.8, 4) is 0 Å². The van der Waals surface area contributed by atoms with Gasteiger partial charge in [-0.2, -0.15) is 0 Å². The van der Waals surface area contributed by atoms with Gasteiger partial charge in [0.25, 0.3) is 5.91 Å². The number of esters is 1. The number of nitrogens with zero attached hydrogens (tertiary/aromatic N) is 2. The van der Waals surface area contributed by atoms with Gasteiger partial charge in [-0.3, -0.25) is 14.4 Å². The van der Waals surface area contributed by atoms with Crippen LogP contribution in [-0.4, -0.2) is 67.0 Å². The summed E-state index contributed by atoms with van der Waals surface area (Å²) in [6.07, 6.45) is 0.423. The number of benzene rings is 1. The van der Waals surface area contributed by atoms with Crippen LogP contribution in [0.5, 0.6) is 0 Å². The molecule has 0 spiro atoms. The van der Waals surface area contributed by atoms with Crippen LogP contribution in [0.2, 0.25) is 0 Å². The summed E-state index contributed by atoms with van der Waals surface area (Å²) in [5.41, 5.74) is 1.99. The molecule has 2 saturated heterocycles. The maximum absolute atomic E-state index is 13.2. The van der Waals surface area contributed by atoms with E-state index in [0.717, 1.165) is 11.1 Å². The molecule has 2 atom stereocenters. The molecule has 0 unspecified atom stereocenters. The first-order chi connectivity index (χ1) is 13.4. The Morgan fingerprint density at radius 2 is 1.82 bits per heavy atom. The molecule has 3 rings (SSSR count). The van der Waals surface area contributed by atoms with Crippen molar-refractivity contribution in [3.63, 3.8) is 0 Å². The van der Waals surface area contributed by atoms with Crippen LogP contribution >= 0.6 is 0 Å². The van der Waals surface area contributed by atoms with E-state index in [-0.39, 0.29) is 30.3 Å². The monoisotopic (exact) mass is 388 g/mol. The zero-order valence-corrected chi connectivity index (χ0v) is 16.7. The molecule has 0 aliphatic carbocycles. The molecule has 0 aromatic heterocycles. The Morgan fingerprint density at radius 3 is 2.43 bits per heavy atom. The Balaban J connectivity index is 1.73. The van der Waals surface area contributed by atoms with Crippen LogP contribution in [0.25, 0.3) is 0 Å². The van der Waals surface area contributed by atoms with E-state index in [9.17, 15) is 14.4 Å². The van der Waals surface area contributed by atoms with E-state index < -0.39 is 12.1 Å². The summed E-state index contributed by atoms with van der Waals surface area (Å²) in [7, 11) is 1.71. The molecule has 7 heteroatoms. The van der Waals surface area contributed by atoms with Gasteiger partial charge >= 0.3 is 5.97 Å². The summed E-state index contributed by atoms with van der Waals surface area (Å²) in [6, 6.07) is 7.35. The SMILES string of the molecule is CCOC(=O)C1CCN(C(=O)[C@H]2OCC(=O)N(C)[C@H]2c2ccc(C)cc2)CC1. The molecule has 2 heterocycles. The number of morpholine rings is 1. The molecule has 28 heavy (non-hydrogen) atoms. The average molecular weight is 388 g/mol. The van der Waals surface area contributed by atoms with Gasteiger partial charge in [-0.05, 0) is 32.3 Å². The van der Waals surface area contributed by atoms with Crippen molar-refractivity contribution in [2.45, 2.75) is 38.8 Å². The lowest BCUT2D eigenvalue weighted by Gasteiger charge is -2.41. The third kappa shape index (κ3) is 4.19. The number of carbonyl (C=O) groups is 3. The summed E-state index contributed by atoms with van der Waals surface area (Å²) in [4.78, 5) is 40.7. The number of aryl methyl sites for hydroxylation is 1. The average Bonchev–Trinajstić information content (AvgIpc) is 2.70. The molecule has 2 aliphatic rings. The molecule has 0 saturated carbocycles. The lowest BCUT2D eigenvalue weighted by Crippen LogP contribution is -2.55. The van der Waals surface area contributed by atoms with Crippen molar-refractivity contribution < 1.29 is 23.9 Å². The number of likely N-dealkylation sites (N-methyl/N-ethyl adjacent to an activating group) is 1. The lowest BCUT2D eigenvalue weighted by molar-refractivity contribution is -0.169. The fraction of sp³-hybridized carbons (Fsp3) is 0.571. The smallest absolute Gasteiger partial charge is 0.309 e. The number of carbonyl (C=O) groups excluding carboxylic acids is 3. The van der Waals surface area contributed by atoms with Crippen LogP contribution in [-0.2, 0) is 23.9 Å². The summed E-state index contributed by atoms with van der Waals surface area (Å²) >= 11 is 0. The first kappa shape index (κ1) is 20.3. The molecule has 0 radical (unpaired) electrons. The largest absolute Gasteiger partial charge is 0.466 e. The van der Waals surface area contributed by atoms with E-state index in [1.54, 1.807) is 23.8 Å². The molecule has 0 bridgehead atoms. The van der Waals surface area contributed by atoms with Crippen molar-refractivity contribution in [2.24, 2.45) is 5.92 Å². The van der Waals surface area contributed by atoms with Gasteiger partial charge in [-0.1, -0.05) is 29.8 Å². The number of piperidine rings is 1. The normalized spacial score (nSPS) is 23.6. The minimum absolute atomic E-state index is 0.103. The maximum atomic E-state index is 13.2. The predicted octanol–water partition coefficient (Wildman–Crippen LogP) is 1.70. The van der Waals surface area contributed by atoms with E-state index in [0.29, 0.717) is 32.5 Å². The van der Waals surface area contributed by atoms with Crippen LogP contribution in [0, 0.1) is 12.8 Å². The van der Waals surface area contributed by atoms with Gasteiger partial charge in [0.15, 0.2) is 6.10 Å². The number of likely N-dealkylation sites (tertiary alicyclic amines) is 1. The Kier molecular flexibility index (Phi) is 6.34. The second kappa shape index (κ2) is 8.73. The van der Waals surface area contributed by atoms with Gasteiger partial charge in [0.1, 0.15) is 6.61 Å². The predicted molar refractivity (Wildman–Crippen MR) is 102 cm³/mol. The summed E-state index contributed by atoms with van der Waals surface area (Å²) in [5, 5.41) is 0. The van der Waals surface area contributed by atoms with Crippen LogP contribution in [0.4, 0.5) is 0 Å². The number of amides is 2. The highest BCUT2D eigenvalue weighted by Gasteiger charge is 2.42. The van der Waals surface area contributed by atoms with Crippen LogP contribution in [0.15, 0.2) is 24.3 Å². The summed E-state index contributed by atoms with van der Waals surface area (Å²) < 4.78 is 10.8. The maximum Gasteiger partial charge on any atom is 0.309 e. The Hall–Kier alpha value is -2.41.